The van der Waals surface area contributed by atoms with Crippen molar-refractivity contribution in [2.75, 3.05) is 0 Å². The third-order valence-electron chi connectivity index (χ3n) is 9.89. The topological polar surface area (TPSA) is 60.4 Å². The predicted octanol–water partition coefficient (Wildman–Crippen LogP) is 11.1. The molecule has 0 saturated carbocycles. The minimum atomic E-state index is -0.544. The maximum Gasteiger partial charge on any atom is 0.345 e. The summed E-state index contributed by atoms with van der Waals surface area (Å²) in [5.41, 5.74) is 0.594. The number of hydrogen-bond donors (Lipinski definition) is 0. The van der Waals surface area contributed by atoms with Crippen molar-refractivity contribution in [1.29, 1.82) is 0 Å². The number of benzene rings is 8. The number of hydrogen-bond acceptors (Lipinski definition) is 5. The summed E-state index contributed by atoms with van der Waals surface area (Å²) in [6.45, 7) is 0. The molecule has 0 radical (unpaired) electrons. The van der Waals surface area contributed by atoms with Crippen LogP contribution in [0.4, 0.5) is 0 Å². The molecule has 3 aromatic heterocycles. The summed E-state index contributed by atoms with van der Waals surface area (Å²) in [6, 6.07) is 41.6. The van der Waals surface area contributed by atoms with Gasteiger partial charge in [0, 0.05) is 20.5 Å². The van der Waals surface area contributed by atoms with Crippen molar-refractivity contribution >= 4 is 96.1 Å². The minimum absolute atomic E-state index is 0.266. The Kier molecular flexibility index (Phi) is 4.72. The molecule has 8 aromatic carbocycles. The fourth-order valence-corrected chi connectivity index (χ4v) is 8.98. The maximum atomic E-state index is 13.7. The Morgan fingerprint density at radius 2 is 0.745 bits per heavy atom. The second-order valence-corrected chi connectivity index (χ2v) is 13.4. The highest BCUT2D eigenvalue weighted by molar-refractivity contribution is 7.25. The fraction of sp³-hybridized carbons (Fsp3) is 0. The van der Waals surface area contributed by atoms with Crippen molar-refractivity contribution in [3.8, 4) is 22.6 Å². The van der Waals surface area contributed by atoms with Gasteiger partial charge in [-0.3, -0.25) is 0 Å². The summed E-state index contributed by atoms with van der Waals surface area (Å²) in [7, 11) is 0. The van der Waals surface area contributed by atoms with Gasteiger partial charge in [-0.15, -0.1) is 11.3 Å². The highest BCUT2D eigenvalue weighted by Gasteiger charge is 2.21. The van der Waals surface area contributed by atoms with Crippen molar-refractivity contribution in [1.82, 2.24) is 0 Å². The summed E-state index contributed by atoms with van der Waals surface area (Å²) in [5.74, 6) is 0.951. The lowest BCUT2D eigenvalue weighted by Crippen LogP contribution is -2.05. The third kappa shape index (κ3) is 3.31. The standard InChI is InChI=1S/C42H20O4S/c43-41-39-33(19-31(45-41)27-15-11-25-9-7-21-3-1-5-23-13-17-29(27)37(25)35(21)23)47-34-20-32(46-42(44)40(34)39)28-16-12-26-10-8-22-4-2-6-24-14-18-30(28)38(26)36(22)24/h1-20H. The highest BCUT2D eigenvalue weighted by Crippen LogP contribution is 2.43. The third-order valence-corrected chi connectivity index (χ3v) is 11.0. The van der Waals surface area contributed by atoms with Gasteiger partial charge in [-0.1, -0.05) is 97.1 Å². The smallest absolute Gasteiger partial charge is 0.345 e. The second-order valence-electron chi connectivity index (χ2n) is 12.3. The zero-order chi connectivity index (χ0) is 31.0. The Morgan fingerprint density at radius 3 is 1.17 bits per heavy atom. The number of fused-ring (bicyclic) bond motifs is 3. The first-order chi connectivity index (χ1) is 23.1. The van der Waals surface area contributed by atoms with E-state index in [1.807, 2.05) is 24.3 Å². The van der Waals surface area contributed by atoms with Crippen LogP contribution in [-0.4, -0.2) is 0 Å². The molecule has 0 spiro atoms. The average Bonchev–Trinajstić information content (AvgIpc) is 3.49. The van der Waals surface area contributed by atoms with E-state index >= 15 is 0 Å². The van der Waals surface area contributed by atoms with Crippen LogP contribution < -0.4 is 11.3 Å². The molecule has 5 heteroatoms. The maximum absolute atomic E-state index is 13.7. The van der Waals surface area contributed by atoms with Gasteiger partial charge in [-0.25, -0.2) is 9.59 Å². The molecule has 47 heavy (non-hydrogen) atoms. The van der Waals surface area contributed by atoms with Crippen molar-refractivity contribution in [3.05, 3.63) is 142 Å². The van der Waals surface area contributed by atoms with Gasteiger partial charge in [-0.05, 0) is 88.9 Å². The van der Waals surface area contributed by atoms with Crippen LogP contribution in [-0.2, 0) is 0 Å². The Morgan fingerprint density at radius 1 is 0.383 bits per heavy atom. The van der Waals surface area contributed by atoms with E-state index in [1.54, 1.807) is 0 Å². The van der Waals surface area contributed by atoms with Gasteiger partial charge in [0.25, 0.3) is 0 Å². The van der Waals surface area contributed by atoms with Crippen LogP contribution in [0.2, 0.25) is 0 Å². The van der Waals surface area contributed by atoms with E-state index in [9.17, 15) is 9.59 Å². The van der Waals surface area contributed by atoms with Crippen molar-refractivity contribution in [2.45, 2.75) is 0 Å². The molecule has 0 atom stereocenters. The van der Waals surface area contributed by atoms with Crippen LogP contribution in [0.15, 0.2) is 140 Å². The fourth-order valence-electron chi connectivity index (χ4n) is 7.84. The summed E-state index contributed by atoms with van der Waals surface area (Å²) < 4.78 is 13.4. The van der Waals surface area contributed by atoms with E-state index in [0.717, 1.165) is 43.4 Å². The molecule has 11 aromatic rings. The molecule has 11 rings (SSSR count). The van der Waals surface area contributed by atoms with E-state index in [-0.39, 0.29) is 10.8 Å². The Hall–Kier alpha value is -6.04. The average molecular weight is 621 g/mol. The van der Waals surface area contributed by atoms with Crippen LogP contribution >= 0.6 is 11.3 Å². The lowest BCUT2D eigenvalue weighted by molar-refractivity contribution is 0.530. The molecule has 0 amide bonds. The first-order valence-corrected chi connectivity index (χ1v) is 16.3. The SMILES string of the molecule is O=c1oc(-c2ccc3ccc4cccc5ccc2c3c45)cc2sc3cc(-c4ccc5ccc6cccc7ccc4c5c67)oc(=O)c3c12. The van der Waals surface area contributed by atoms with Crippen LogP contribution in [0.1, 0.15) is 0 Å². The molecular formula is C42H20O4S. The molecule has 3 heterocycles. The van der Waals surface area contributed by atoms with Gasteiger partial charge >= 0.3 is 11.3 Å². The van der Waals surface area contributed by atoms with E-state index in [4.69, 9.17) is 8.83 Å². The summed E-state index contributed by atoms with van der Waals surface area (Å²) in [4.78, 5) is 27.3. The molecule has 0 N–H and O–H groups in total. The van der Waals surface area contributed by atoms with E-state index in [0.29, 0.717) is 20.9 Å². The lowest BCUT2D eigenvalue weighted by atomic mass is 9.91. The van der Waals surface area contributed by atoms with Gasteiger partial charge < -0.3 is 8.83 Å². The molecule has 0 aliphatic rings. The van der Waals surface area contributed by atoms with Crippen molar-refractivity contribution in [2.24, 2.45) is 0 Å². The largest absolute Gasteiger partial charge is 0.422 e. The lowest BCUT2D eigenvalue weighted by Gasteiger charge is -2.13. The van der Waals surface area contributed by atoms with E-state index in [2.05, 4.69) is 97.1 Å². The molecule has 4 nitrogen and oxygen atoms in total. The highest BCUT2D eigenvalue weighted by atomic mass is 32.1. The van der Waals surface area contributed by atoms with Gasteiger partial charge in [0.05, 0.1) is 10.8 Å². The monoisotopic (exact) mass is 620 g/mol. The second kappa shape index (κ2) is 8.81. The van der Waals surface area contributed by atoms with Crippen LogP contribution in [0.3, 0.4) is 0 Å². The summed E-state index contributed by atoms with van der Waals surface area (Å²) in [6.07, 6.45) is 0. The molecule has 218 valence electrons. The number of rotatable bonds is 2. The molecular weight excluding hydrogens is 601 g/mol. The van der Waals surface area contributed by atoms with Crippen LogP contribution in [0.5, 0.6) is 0 Å². The summed E-state index contributed by atoms with van der Waals surface area (Å²) >= 11 is 1.41. The molecule has 0 fully saturated rings. The van der Waals surface area contributed by atoms with Crippen molar-refractivity contribution < 1.29 is 8.83 Å². The number of thiophene rings is 1. The van der Waals surface area contributed by atoms with Crippen LogP contribution in [0, 0.1) is 0 Å². The Bertz CT molecular complexity index is 2990. The zero-order valence-electron chi connectivity index (χ0n) is 24.6. The first kappa shape index (κ1) is 25.2. The van der Waals surface area contributed by atoms with E-state index in [1.165, 1.54) is 43.7 Å². The first-order valence-electron chi connectivity index (χ1n) is 15.5. The minimum Gasteiger partial charge on any atom is -0.422 e. The van der Waals surface area contributed by atoms with Gasteiger partial charge in [0.15, 0.2) is 0 Å². The molecule has 0 unspecified atom stereocenters. The summed E-state index contributed by atoms with van der Waals surface area (Å²) in [5, 5.41) is 14.2. The molecule has 0 aliphatic carbocycles. The molecule has 0 saturated heterocycles. The van der Waals surface area contributed by atoms with E-state index < -0.39 is 11.3 Å². The Balaban J connectivity index is 1.14. The van der Waals surface area contributed by atoms with Crippen molar-refractivity contribution in [3.63, 3.8) is 0 Å². The zero-order valence-corrected chi connectivity index (χ0v) is 25.4. The van der Waals surface area contributed by atoms with Gasteiger partial charge in [-0.2, -0.15) is 0 Å². The normalized spacial score (nSPS) is 12.4. The predicted molar refractivity (Wildman–Crippen MR) is 195 cm³/mol. The van der Waals surface area contributed by atoms with Crippen LogP contribution in [0.25, 0.3) is 107 Å². The Labute approximate surface area is 269 Å². The quantitative estimate of drug-likeness (QED) is 0.180. The molecule has 0 aliphatic heterocycles. The van der Waals surface area contributed by atoms with Gasteiger partial charge in [0.1, 0.15) is 11.5 Å². The molecule has 0 bridgehead atoms. The van der Waals surface area contributed by atoms with Gasteiger partial charge in [0.2, 0.25) is 0 Å².